The van der Waals surface area contributed by atoms with Crippen LogP contribution >= 0.6 is 0 Å². The van der Waals surface area contributed by atoms with Crippen LogP contribution in [0.3, 0.4) is 0 Å². The molecule has 1 aromatic carbocycles. The van der Waals surface area contributed by atoms with Gasteiger partial charge < -0.3 is 19.1 Å². The van der Waals surface area contributed by atoms with E-state index in [-0.39, 0.29) is 24.7 Å². The number of ether oxygens (including phenoxy) is 3. The van der Waals surface area contributed by atoms with Crippen LogP contribution in [-0.2, 0) is 40.2 Å². The van der Waals surface area contributed by atoms with E-state index in [4.69, 9.17) is 14.2 Å². The molecule has 0 saturated carbocycles. The highest BCUT2D eigenvalue weighted by molar-refractivity contribution is 7.94. The molecule has 0 aromatic heterocycles. The summed E-state index contributed by atoms with van der Waals surface area (Å²) in [4.78, 5) is 26.0. The third kappa shape index (κ3) is 5.10. The predicted octanol–water partition coefficient (Wildman–Crippen LogP) is 0.757. The number of hydrogen-bond acceptors (Lipinski definition) is 7. The fraction of sp³-hybridized carbons (Fsp3) is 0.333. The molecule has 1 aromatic rings. The fourth-order valence-electron chi connectivity index (χ4n) is 2.68. The Hall–Kier alpha value is -2.81. The van der Waals surface area contributed by atoms with E-state index in [0.29, 0.717) is 6.61 Å². The van der Waals surface area contributed by atoms with E-state index in [0.717, 1.165) is 17.2 Å². The first-order valence-corrected chi connectivity index (χ1v) is 10.0. The van der Waals surface area contributed by atoms with E-state index in [1.54, 1.807) is 0 Å². The number of benzene rings is 1. The van der Waals surface area contributed by atoms with Gasteiger partial charge in [0.25, 0.3) is 5.91 Å². The molecular formula is C18H19NO7S. The van der Waals surface area contributed by atoms with Crippen molar-refractivity contribution in [2.45, 2.75) is 12.6 Å². The van der Waals surface area contributed by atoms with Gasteiger partial charge in [-0.05, 0) is 11.6 Å². The van der Waals surface area contributed by atoms with E-state index in [1.165, 1.54) is 11.0 Å². The summed E-state index contributed by atoms with van der Waals surface area (Å²) in [6, 6.07) is 8.54. The lowest BCUT2D eigenvalue weighted by molar-refractivity contribution is -0.153. The van der Waals surface area contributed by atoms with Crippen LogP contribution < -0.4 is 0 Å². The molecule has 8 nitrogen and oxygen atoms in total. The summed E-state index contributed by atoms with van der Waals surface area (Å²) in [5.74, 6) is -1.61. The van der Waals surface area contributed by atoms with Crippen LogP contribution in [0, 0.1) is 0 Å². The van der Waals surface area contributed by atoms with Crippen molar-refractivity contribution in [2.75, 3.05) is 25.6 Å². The van der Waals surface area contributed by atoms with Gasteiger partial charge in [-0.15, -0.1) is 0 Å². The Kier molecular flexibility index (Phi) is 5.80. The zero-order valence-corrected chi connectivity index (χ0v) is 15.3. The maximum atomic E-state index is 12.7. The van der Waals surface area contributed by atoms with E-state index >= 15 is 0 Å². The van der Waals surface area contributed by atoms with Gasteiger partial charge in [-0.25, -0.2) is 13.2 Å². The monoisotopic (exact) mass is 393 g/mol. The normalized spacial score (nSPS) is 20.1. The minimum atomic E-state index is -3.34. The summed E-state index contributed by atoms with van der Waals surface area (Å²) < 4.78 is 38.6. The third-order valence-corrected chi connectivity index (χ3v) is 5.38. The number of carbonyl (C=O) groups excluding carboxylic acids is 2. The van der Waals surface area contributed by atoms with Crippen molar-refractivity contribution in [1.82, 2.24) is 4.90 Å². The van der Waals surface area contributed by atoms with Crippen molar-refractivity contribution in [3.63, 3.8) is 0 Å². The molecule has 27 heavy (non-hydrogen) atoms. The summed E-state index contributed by atoms with van der Waals surface area (Å²) in [5.41, 5.74) is 0.835. The number of sulfone groups is 1. The minimum Gasteiger partial charge on any atom is -0.493 e. The van der Waals surface area contributed by atoms with Crippen LogP contribution in [-0.4, -0.2) is 56.8 Å². The number of carbonyl (C=O) groups is 2. The van der Waals surface area contributed by atoms with Gasteiger partial charge in [0, 0.05) is 12.0 Å². The predicted molar refractivity (Wildman–Crippen MR) is 94.7 cm³/mol. The molecule has 0 aliphatic carbocycles. The molecule has 0 bridgehead atoms. The van der Waals surface area contributed by atoms with Crippen molar-refractivity contribution < 1.29 is 32.2 Å². The molecule has 0 radical (unpaired) electrons. The van der Waals surface area contributed by atoms with Gasteiger partial charge in [-0.2, -0.15) is 0 Å². The fourth-order valence-corrected chi connectivity index (χ4v) is 3.98. The standard InChI is InChI=1S/C18H19NO7S/c20-17(12-26-18(21)16-11-24-7-8-25-16)19(10-14-4-2-1-3-5-14)15-6-9-27(22,23)13-15/h1-6,9,11,15H,7-8,10,12-13H2/t15-/m1/s1. The van der Waals surface area contributed by atoms with Crippen molar-refractivity contribution >= 4 is 21.7 Å². The molecule has 0 spiro atoms. The molecule has 9 heteroatoms. The maximum Gasteiger partial charge on any atom is 0.377 e. The maximum absolute atomic E-state index is 12.7. The highest BCUT2D eigenvalue weighted by Crippen LogP contribution is 2.18. The Morgan fingerprint density at radius 3 is 2.59 bits per heavy atom. The second-order valence-electron chi connectivity index (χ2n) is 6.01. The van der Waals surface area contributed by atoms with Gasteiger partial charge in [0.2, 0.25) is 5.76 Å². The summed E-state index contributed by atoms with van der Waals surface area (Å²) in [7, 11) is -3.34. The van der Waals surface area contributed by atoms with E-state index < -0.39 is 34.4 Å². The largest absolute Gasteiger partial charge is 0.493 e. The van der Waals surface area contributed by atoms with E-state index in [1.807, 2.05) is 30.3 Å². The molecule has 1 amide bonds. The second kappa shape index (κ2) is 8.26. The number of amides is 1. The third-order valence-electron chi connectivity index (χ3n) is 4.00. The van der Waals surface area contributed by atoms with Crippen LogP contribution in [0.1, 0.15) is 5.56 Å². The highest BCUT2D eigenvalue weighted by Gasteiger charge is 2.31. The SMILES string of the molecule is O=C(OCC(=O)N(Cc1ccccc1)[C@@H]1C=CS(=O)(=O)C1)C1=COCCO1. The molecule has 0 N–H and O–H groups in total. The van der Waals surface area contributed by atoms with E-state index in [9.17, 15) is 18.0 Å². The van der Waals surface area contributed by atoms with Crippen LogP contribution in [0.2, 0.25) is 0 Å². The van der Waals surface area contributed by atoms with Gasteiger partial charge in [-0.3, -0.25) is 4.79 Å². The van der Waals surface area contributed by atoms with Crippen molar-refractivity contribution in [1.29, 1.82) is 0 Å². The summed E-state index contributed by atoms with van der Waals surface area (Å²) in [5, 5.41) is 1.10. The number of nitrogens with zero attached hydrogens (tertiary/aromatic N) is 1. The van der Waals surface area contributed by atoms with Crippen molar-refractivity contribution in [2.24, 2.45) is 0 Å². The van der Waals surface area contributed by atoms with Crippen LogP contribution in [0.25, 0.3) is 0 Å². The quantitative estimate of drug-likeness (QED) is 0.658. The van der Waals surface area contributed by atoms with Gasteiger partial charge in [0.05, 0.1) is 11.8 Å². The highest BCUT2D eigenvalue weighted by atomic mass is 32.2. The first-order valence-electron chi connectivity index (χ1n) is 8.31. The average Bonchev–Trinajstić information content (AvgIpc) is 3.05. The first-order chi connectivity index (χ1) is 12.9. The minimum absolute atomic E-state index is 0.105. The molecule has 3 rings (SSSR count). The summed E-state index contributed by atoms with van der Waals surface area (Å²) in [6.07, 6.45) is 2.61. The lowest BCUT2D eigenvalue weighted by Gasteiger charge is -2.27. The van der Waals surface area contributed by atoms with Crippen LogP contribution in [0.15, 0.2) is 53.8 Å². The van der Waals surface area contributed by atoms with Crippen molar-refractivity contribution in [3.8, 4) is 0 Å². The molecule has 0 unspecified atom stereocenters. The topological polar surface area (TPSA) is 99.2 Å². The molecule has 1 atom stereocenters. The number of hydrogen-bond donors (Lipinski definition) is 0. The Bertz CT molecular complexity index is 861. The summed E-state index contributed by atoms with van der Waals surface area (Å²) >= 11 is 0. The average molecular weight is 393 g/mol. The zero-order chi connectivity index (χ0) is 19.3. The molecule has 144 valence electrons. The number of esters is 1. The van der Waals surface area contributed by atoms with E-state index in [2.05, 4.69) is 0 Å². The Labute approximate surface area is 156 Å². The van der Waals surface area contributed by atoms with Gasteiger partial charge in [0.15, 0.2) is 16.4 Å². The molecule has 2 heterocycles. The van der Waals surface area contributed by atoms with Gasteiger partial charge in [-0.1, -0.05) is 30.3 Å². The molecule has 2 aliphatic heterocycles. The molecular weight excluding hydrogens is 374 g/mol. The Balaban J connectivity index is 1.68. The molecule has 0 saturated heterocycles. The summed E-state index contributed by atoms with van der Waals surface area (Å²) in [6.45, 7) is 0.226. The Morgan fingerprint density at radius 1 is 1.19 bits per heavy atom. The van der Waals surface area contributed by atoms with Crippen LogP contribution in [0.4, 0.5) is 0 Å². The molecule has 2 aliphatic rings. The molecule has 0 fully saturated rings. The first kappa shape index (κ1) is 19.0. The van der Waals surface area contributed by atoms with Crippen molar-refractivity contribution in [3.05, 3.63) is 59.4 Å². The smallest absolute Gasteiger partial charge is 0.377 e. The lowest BCUT2D eigenvalue weighted by Crippen LogP contribution is -2.42. The zero-order valence-electron chi connectivity index (χ0n) is 14.4. The van der Waals surface area contributed by atoms with Gasteiger partial charge >= 0.3 is 5.97 Å². The van der Waals surface area contributed by atoms with Crippen LogP contribution in [0.5, 0.6) is 0 Å². The lowest BCUT2D eigenvalue weighted by atomic mass is 10.2. The van der Waals surface area contributed by atoms with Gasteiger partial charge in [0.1, 0.15) is 19.5 Å². The second-order valence-corrected chi connectivity index (χ2v) is 7.94. The Morgan fingerprint density at radius 2 is 1.96 bits per heavy atom. The number of rotatable bonds is 6.